The summed E-state index contributed by atoms with van der Waals surface area (Å²) in [6.45, 7) is 5.00. The van der Waals surface area contributed by atoms with E-state index in [1.165, 1.54) is 11.1 Å². The van der Waals surface area contributed by atoms with Crippen molar-refractivity contribution in [3.63, 3.8) is 0 Å². The molecule has 1 atom stereocenters. The van der Waals surface area contributed by atoms with Crippen LogP contribution in [0.1, 0.15) is 36.9 Å². The summed E-state index contributed by atoms with van der Waals surface area (Å²) in [7, 11) is 0. The molecular formula is C18H25N3O2. The van der Waals surface area contributed by atoms with Crippen LogP contribution in [0.25, 0.3) is 0 Å². The predicted octanol–water partition coefficient (Wildman–Crippen LogP) is 1.34. The fourth-order valence-electron chi connectivity index (χ4n) is 3.57. The zero-order valence-corrected chi connectivity index (χ0v) is 13.8. The number of carbonyl (C=O) groups is 2. The van der Waals surface area contributed by atoms with Gasteiger partial charge in [-0.2, -0.15) is 0 Å². The summed E-state index contributed by atoms with van der Waals surface area (Å²) in [4.78, 5) is 27.7. The summed E-state index contributed by atoms with van der Waals surface area (Å²) in [5, 5.41) is 3.20. The molecule has 0 radical (unpaired) electrons. The van der Waals surface area contributed by atoms with E-state index in [0.717, 1.165) is 45.4 Å². The molecule has 23 heavy (non-hydrogen) atoms. The molecule has 1 aliphatic carbocycles. The first-order valence-electron chi connectivity index (χ1n) is 8.48. The number of hydrogen-bond acceptors (Lipinski definition) is 3. The van der Waals surface area contributed by atoms with Crippen LogP contribution in [0.2, 0.25) is 0 Å². The fraction of sp³-hybridized carbons (Fsp3) is 0.556. The van der Waals surface area contributed by atoms with Crippen molar-refractivity contribution >= 4 is 11.8 Å². The second kappa shape index (κ2) is 7.13. The summed E-state index contributed by atoms with van der Waals surface area (Å²) in [5.74, 6) is 0.205. The molecule has 1 aliphatic heterocycles. The second-order valence-corrected chi connectivity index (χ2v) is 6.49. The molecule has 124 valence electrons. The van der Waals surface area contributed by atoms with Gasteiger partial charge in [-0.05, 0) is 30.4 Å². The molecule has 0 bridgehead atoms. The molecule has 1 aromatic rings. The van der Waals surface area contributed by atoms with Crippen molar-refractivity contribution in [3.05, 3.63) is 35.4 Å². The monoisotopic (exact) mass is 315 g/mol. The lowest BCUT2D eigenvalue weighted by Crippen LogP contribution is -2.50. The third-order valence-electron chi connectivity index (χ3n) is 4.89. The highest BCUT2D eigenvalue weighted by atomic mass is 16.2. The van der Waals surface area contributed by atoms with Gasteiger partial charge in [0.15, 0.2) is 0 Å². The van der Waals surface area contributed by atoms with Crippen LogP contribution in [-0.2, 0) is 16.0 Å². The zero-order chi connectivity index (χ0) is 16.2. The molecule has 1 saturated heterocycles. The zero-order valence-electron chi connectivity index (χ0n) is 13.8. The minimum Gasteiger partial charge on any atom is -0.348 e. The van der Waals surface area contributed by atoms with E-state index in [1.54, 1.807) is 6.92 Å². The number of amides is 2. The number of nitrogens with one attached hydrogen (secondary N) is 1. The van der Waals surface area contributed by atoms with E-state index in [4.69, 9.17) is 0 Å². The number of hydrogen-bond donors (Lipinski definition) is 1. The highest BCUT2D eigenvalue weighted by Crippen LogP contribution is 2.29. The molecule has 3 rings (SSSR count). The van der Waals surface area contributed by atoms with E-state index in [1.807, 2.05) is 11.0 Å². The Hall–Kier alpha value is -1.88. The highest BCUT2D eigenvalue weighted by Gasteiger charge is 2.24. The molecule has 1 fully saturated rings. The average molecular weight is 315 g/mol. The van der Waals surface area contributed by atoms with Crippen molar-refractivity contribution in [3.8, 4) is 0 Å². The molecule has 0 unspecified atom stereocenters. The third-order valence-corrected chi connectivity index (χ3v) is 4.89. The Balaban J connectivity index is 1.52. The number of fused-ring (bicyclic) bond motifs is 1. The summed E-state index contributed by atoms with van der Waals surface area (Å²) >= 11 is 0. The summed E-state index contributed by atoms with van der Waals surface area (Å²) < 4.78 is 0. The van der Waals surface area contributed by atoms with Gasteiger partial charge in [0, 0.05) is 33.1 Å². The predicted molar refractivity (Wildman–Crippen MR) is 89.0 cm³/mol. The van der Waals surface area contributed by atoms with Crippen LogP contribution in [0.5, 0.6) is 0 Å². The molecule has 2 aliphatic rings. The van der Waals surface area contributed by atoms with Crippen molar-refractivity contribution in [1.82, 2.24) is 15.1 Å². The molecule has 5 heteroatoms. The minimum atomic E-state index is 0.0861. The van der Waals surface area contributed by atoms with Crippen molar-refractivity contribution in [2.24, 2.45) is 0 Å². The fourth-order valence-corrected chi connectivity index (χ4v) is 3.57. The number of carbonyl (C=O) groups excluding carboxylic acids is 2. The molecule has 1 heterocycles. The van der Waals surface area contributed by atoms with Gasteiger partial charge >= 0.3 is 0 Å². The quantitative estimate of drug-likeness (QED) is 0.916. The van der Waals surface area contributed by atoms with Crippen molar-refractivity contribution in [1.29, 1.82) is 0 Å². The maximum Gasteiger partial charge on any atom is 0.234 e. The van der Waals surface area contributed by atoms with E-state index in [0.29, 0.717) is 6.54 Å². The highest BCUT2D eigenvalue weighted by molar-refractivity contribution is 5.78. The molecule has 0 aromatic heterocycles. The van der Waals surface area contributed by atoms with Crippen molar-refractivity contribution in [2.75, 3.05) is 32.7 Å². The maximum absolute atomic E-state index is 12.4. The van der Waals surface area contributed by atoms with Gasteiger partial charge in [-0.3, -0.25) is 14.5 Å². The van der Waals surface area contributed by atoms with Crippen LogP contribution in [0.15, 0.2) is 24.3 Å². The molecule has 0 saturated carbocycles. The van der Waals surface area contributed by atoms with E-state index in [-0.39, 0.29) is 17.9 Å². The van der Waals surface area contributed by atoms with Crippen molar-refractivity contribution in [2.45, 2.75) is 32.2 Å². The van der Waals surface area contributed by atoms with Crippen LogP contribution < -0.4 is 5.32 Å². The minimum absolute atomic E-state index is 0.0861. The largest absolute Gasteiger partial charge is 0.348 e. The van der Waals surface area contributed by atoms with Gasteiger partial charge in [0.05, 0.1) is 12.6 Å². The standard InChI is InChI=1S/C18H25N3O2/c1-14(22)21-11-9-20(10-12-21)13-18(23)19-17-8-4-6-15-5-2-3-7-16(15)17/h2-3,5,7,17H,4,6,8-13H2,1H3,(H,19,23)/t17-/m1/s1. The summed E-state index contributed by atoms with van der Waals surface area (Å²) in [5.41, 5.74) is 2.63. The van der Waals surface area contributed by atoms with Crippen molar-refractivity contribution < 1.29 is 9.59 Å². The first kappa shape index (κ1) is 16.0. The first-order chi connectivity index (χ1) is 11.1. The summed E-state index contributed by atoms with van der Waals surface area (Å²) in [6, 6.07) is 8.55. The topological polar surface area (TPSA) is 52.7 Å². The molecule has 1 N–H and O–H groups in total. The SMILES string of the molecule is CC(=O)N1CCN(CC(=O)N[C@@H]2CCCc3ccccc32)CC1. The van der Waals surface area contributed by atoms with Gasteiger partial charge < -0.3 is 10.2 Å². The first-order valence-corrected chi connectivity index (χ1v) is 8.48. The Bertz CT molecular complexity index is 579. The number of aryl methyl sites for hydroxylation is 1. The van der Waals surface area contributed by atoms with Crippen LogP contribution in [0.4, 0.5) is 0 Å². The van der Waals surface area contributed by atoms with Crippen LogP contribution in [-0.4, -0.2) is 54.3 Å². The molecule has 2 amide bonds. The molecule has 1 aromatic carbocycles. The number of nitrogens with zero attached hydrogens (tertiary/aromatic N) is 2. The maximum atomic E-state index is 12.4. The van der Waals surface area contributed by atoms with E-state index >= 15 is 0 Å². The normalized spacial score (nSPS) is 21.6. The van der Waals surface area contributed by atoms with E-state index in [9.17, 15) is 9.59 Å². The lowest BCUT2D eigenvalue weighted by molar-refractivity contribution is -0.131. The van der Waals surface area contributed by atoms with Crippen LogP contribution >= 0.6 is 0 Å². The molecule has 0 spiro atoms. The van der Waals surface area contributed by atoms with Gasteiger partial charge in [0.1, 0.15) is 0 Å². The smallest absolute Gasteiger partial charge is 0.234 e. The molecular weight excluding hydrogens is 290 g/mol. The van der Waals surface area contributed by atoms with Crippen LogP contribution in [0, 0.1) is 0 Å². The summed E-state index contributed by atoms with van der Waals surface area (Å²) in [6.07, 6.45) is 3.25. The Morgan fingerprint density at radius 3 is 2.65 bits per heavy atom. The molecule has 5 nitrogen and oxygen atoms in total. The van der Waals surface area contributed by atoms with Gasteiger partial charge in [0.2, 0.25) is 11.8 Å². The van der Waals surface area contributed by atoms with Crippen LogP contribution in [0.3, 0.4) is 0 Å². The number of piperazine rings is 1. The Morgan fingerprint density at radius 2 is 1.91 bits per heavy atom. The average Bonchev–Trinajstić information content (AvgIpc) is 2.55. The Labute approximate surface area is 137 Å². The van der Waals surface area contributed by atoms with E-state index < -0.39 is 0 Å². The Morgan fingerprint density at radius 1 is 1.17 bits per heavy atom. The van der Waals surface area contributed by atoms with E-state index in [2.05, 4.69) is 28.4 Å². The third kappa shape index (κ3) is 3.91. The number of benzene rings is 1. The second-order valence-electron chi connectivity index (χ2n) is 6.49. The van der Waals surface area contributed by atoms with Gasteiger partial charge in [0.25, 0.3) is 0 Å². The Kier molecular flexibility index (Phi) is 4.96. The van der Waals surface area contributed by atoms with Gasteiger partial charge in [-0.15, -0.1) is 0 Å². The number of rotatable bonds is 3. The van der Waals surface area contributed by atoms with Gasteiger partial charge in [-0.25, -0.2) is 0 Å². The lowest BCUT2D eigenvalue weighted by atomic mass is 9.88. The van der Waals surface area contributed by atoms with Gasteiger partial charge in [-0.1, -0.05) is 24.3 Å². The lowest BCUT2D eigenvalue weighted by Gasteiger charge is -2.34.